The van der Waals surface area contributed by atoms with Crippen LogP contribution in [-0.2, 0) is 6.54 Å². The number of nitrogens with zero attached hydrogens (tertiary/aromatic N) is 3. The first-order valence-corrected chi connectivity index (χ1v) is 14.6. The van der Waals surface area contributed by atoms with Crippen LogP contribution in [0.3, 0.4) is 0 Å². The molecule has 42 heavy (non-hydrogen) atoms. The van der Waals surface area contributed by atoms with Crippen molar-refractivity contribution in [1.82, 2.24) is 9.55 Å². The number of rotatable bonds is 6. The summed E-state index contributed by atoms with van der Waals surface area (Å²) in [5.74, 6) is 0.795. The van der Waals surface area contributed by atoms with E-state index in [2.05, 4.69) is 36.4 Å². The maximum absolute atomic E-state index is 13.6. The minimum absolute atomic E-state index is 0.0333. The molecule has 2 aromatic heterocycles. The number of aromatic nitrogens is 2. The van der Waals surface area contributed by atoms with E-state index in [4.69, 9.17) is 4.74 Å². The number of pyridine rings is 2. The molecule has 4 heterocycles. The predicted octanol–water partition coefficient (Wildman–Crippen LogP) is 5.45. The third kappa shape index (κ3) is 5.54. The third-order valence-electron chi connectivity index (χ3n) is 7.88. The molecule has 9 nitrogen and oxygen atoms in total. The fraction of sp³-hybridized carbons (Fsp3) is 0.250. The lowest BCUT2D eigenvalue weighted by Gasteiger charge is -2.44. The summed E-state index contributed by atoms with van der Waals surface area (Å²) in [5, 5.41) is 5.91. The molecule has 6 rings (SSSR count). The average Bonchev–Trinajstić information content (AvgIpc) is 2.98. The highest BCUT2D eigenvalue weighted by atomic mass is 79.9. The minimum Gasteiger partial charge on any atom is -0.497 e. The van der Waals surface area contributed by atoms with Crippen LogP contribution in [0.15, 0.2) is 82.1 Å². The Morgan fingerprint density at radius 3 is 2.60 bits per heavy atom. The van der Waals surface area contributed by atoms with Gasteiger partial charge in [-0.15, -0.1) is 0 Å². The van der Waals surface area contributed by atoms with E-state index in [-0.39, 0.29) is 29.2 Å². The molecule has 4 aromatic rings. The maximum atomic E-state index is 13.6. The van der Waals surface area contributed by atoms with E-state index in [0.29, 0.717) is 45.9 Å². The number of ether oxygens (including phenoxy) is 1. The van der Waals surface area contributed by atoms with E-state index in [1.54, 1.807) is 49.6 Å². The van der Waals surface area contributed by atoms with Crippen LogP contribution in [0, 0.1) is 12.8 Å². The van der Waals surface area contributed by atoms with Gasteiger partial charge in [0.05, 0.1) is 24.0 Å². The number of amides is 2. The number of carbonyl (C=O) groups excluding carboxylic acids is 2. The van der Waals surface area contributed by atoms with Crippen molar-refractivity contribution in [3.05, 3.63) is 110 Å². The molecule has 10 heteroatoms. The second kappa shape index (κ2) is 11.4. The van der Waals surface area contributed by atoms with Gasteiger partial charge in [0.1, 0.15) is 11.6 Å². The molecule has 0 saturated carbocycles. The zero-order valence-electron chi connectivity index (χ0n) is 23.3. The second-order valence-corrected chi connectivity index (χ2v) is 11.6. The number of hydrogen-bond acceptors (Lipinski definition) is 6. The standard InChI is InChI=1S/C32H30BrN5O4/c1-19-5-3-7-29(34-19)36-31(40)21-9-12-28(26(14-21)35-32(41)24-15-23(42-2)10-11-25(24)33)37-16-20-13-22(18-37)27-6-4-8-30(39)38(27)17-20/h3-12,14-15,20,22H,13,16-18H2,1-2H3,(H,35,41)(H,34,36,40). The number of hydrogen-bond donors (Lipinski definition) is 2. The number of fused-ring (bicyclic) bond motifs is 4. The van der Waals surface area contributed by atoms with E-state index in [1.165, 1.54) is 0 Å². The Hall–Kier alpha value is -4.44. The lowest BCUT2D eigenvalue weighted by atomic mass is 9.83. The summed E-state index contributed by atoms with van der Waals surface area (Å²) >= 11 is 3.48. The van der Waals surface area contributed by atoms with E-state index in [9.17, 15) is 14.4 Å². The summed E-state index contributed by atoms with van der Waals surface area (Å²) in [5.41, 5.74) is 3.99. The Bertz CT molecular complexity index is 1750. The third-order valence-corrected chi connectivity index (χ3v) is 8.57. The Kier molecular flexibility index (Phi) is 7.55. The highest BCUT2D eigenvalue weighted by molar-refractivity contribution is 9.10. The molecule has 0 spiro atoms. The second-order valence-electron chi connectivity index (χ2n) is 10.8. The van der Waals surface area contributed by atoms with Gasteiger partial charge in [-0.05, 0) is 89.8 Å². The normalized spacial score (nSPS) is 17.3. The molecule has 1 fully saturated rings. The van der Waals surface area contributed by atoms with Gasteiger partial charge >= 0.3 is 0 Å². The molecule has 2 aliphatic rings. The van der Waals surface area contributed by atoms with E-state index in [1.807, 2.05) is 41.8 Å². The van der Waals surface area contributed by atoms with Gasteiger partial charge in [-0.25, -0.2) is 4.98 Å². The van der Waals surface area contributed by atoms with Crippen LogP contribution in [-0.4, -0.2) is 41.6 Å². The van der Waals surface area contributed by atoms with Gasteiger partial charge in [0, 0.05) is 53.0 Å². The van der Waals surface area contributed by atoms with E-state index in [0.717, 1.165) is 30.0 Å². The van der Waals surface area contributed by atoms with Crippen molar-refractivity contribution < 1.29 is 14.3 Å². The fourth-order valence-corrected chi connectivity index (χ4v) is 6.37. The van der Waals surface area contributed by atoms with Crippen molar-refractivity contribution in [1.29, 1.82) is 0 Å². The first kappa shape index (κ1) is 27.7. The van der Waals surface area contributed by atoms with Gasteiger partial charge in [0.25, 0.3) is 17.4 Å². The summed E-state index contributed by atoms with van der Waals surface area (Å²) in [7, 11) is 1.55. The highest BCUT2D eigenvalue weighted by Crippen LogP contribution is 2.39. The molecule has 2 unspecified atom stereocenters. The minimum atomic E-state index is -0.339. The Morgan fingerprint density at radius 2 is 1.79 bits per heavy atom. The number of piperidine rings is 1. The van der Waals surface area contributed by atoms with Crippen molar-refractivity contribution in [2.45, 2.75) is 25.8 Å². The summed E-state index contributed by atoms with van der Waals surface area (Å²) in [6.07, 6.45) is 1.00. The van der Waals surface area contributed by atoms with Crippen molar-refractivity contribution in [3.63, 3.8) is 0 Å². The molecular formula is C32H30BrN5O4. The topological polar surface area (TPSA) is 106 Å². The van der Waals surface area contributed by atoms with Crippen molar-refractivity contribution in [2.24, 2.45) is 5.92 Å². The number of nitrogens with one attached hydrogen (secondary N) is 2. The van der Waals surface area contributed by atoms with Crippen molar-refractivity contribution in [2.75, 3.05) is 35.7 Å². The van der Waals surface area contributed by atoms with Crippen LogP contribution in [0.1, 0.15) is 44.4 Å². The van der Waals surface area contributed by atoms with Gasteiger partial charge in [-0.3, -0.25) is 14.4 Å². The van der Waals surface area contributed by atoms with E-state index < -0.39 is 0 Å². The molecule has 2 bridgehead atoms. The zero-order chi connectivity index (χ0) is 29.4. The molecule has 0 aliphatic carbocycles. The maximum Gasteiger partial charge on any atom is 0.257 e. The molecule has 2 aromatic carbocycles. The molecule has 1 saturated heterocycles. The van der Waals surface area contributed by atoms with Crippen LogP contribution in [0.5, 0.6) is 5.75 Å². The first-order chi connectivity index (χ1) is 20.3. The van der Waals surface area contributed by atoms with Crippen molar-refractivity contribution in [3.8, 4) is 5.75 Å². The fourth-order valence-electron chi connectivity index (χ4n) is 5.94. The van der Waals surface area contributed by atoms with Gasteiger partial charge in [0.15, 0.2) is 0 Å². The largest absolute Gasteiger partial charge is 0.497 e. The molecule has 2 amide bonds. The number of benzene rings is 2. The smallest absolute Gasteiger partial charge is 0.257 e. The van der Waals surface area contributed by atoms with Gasteiger partial charge < -0.3 is 24.8 Å². The molecule has 2 atom stereocenters. The SMILES string of the molecule is COc1ccc(Br)c(C(=O)Nc2cc(C(=O)Nc3cccc(C)n3)ccc2N2CC3CC(C2)c2cccc(=O)n2C3)c1. The summed E-state index contributed by atoms with van der Waals surface area (Å²) in [6.45, 7) is 3.92. The highest BCUT2D eigenvalue weighted by Gasteiger charge is 2.35. The number of carbonyl (C=O) groups is 2. The van der Waals surface area contributed by atoms with Crippen molar-refractivity contribution >= 4 is 44.9 Å². The van der Waals surface area contributed by atoms with Crippen LogP contribution in [0.4, 0.5) is 17.2 Å². The molecular weight excluding hydrogens is 598 g/mol. The Balaban J connectivity index is 1.35. The van der Waals surface area contributed by atoms with Gasteiger partial charge in [-0.1, -0.05) is 12.1 Å². The summed E-state index contributed by atoms with van der Waals surface area (Å²) < 4.78 is 7.85. The molecule has 2 aliphatic heterocycles. The number of halogens is 1. The van der Waals surface area contributed by atoms with Crippen LogP contribution >= 0.6 is 15.9 Å². The Labute approximate surface area is 251 Å². The predicted molar refractivity (Wildman–Crippen MR) is 166 cm³/mol. The molecule has 0 radical (unpaired) electrons. The summed E-state index contributed by atoms with van der Waals surface area (Å²) in [6, 6.07) is 21.4. The number of methoxy groups -OCH3 is 1. The monoisotopic (exact) mass is 627 g/mol. The molecule has 2 N–H and O–H groups in total. The lowest BCUT2D eigenvalue weighted by Crippen LogP contribution is -2.47. The summed E-state index contributed by atoms with van der Waals surface area (Å²) in [4.78, 5) is 46.0. The Morgan fingerprint density at radius 1 is 0.952 bits per heavy atom. The van der Waals surface area contributed by atoms with Gasteiger partial charge in [0.2, 0.25) is 0 Å². The number of aryl methyl sites for hydroxylation is 1. The zero-order valence-corrected chi connectivity index (χ0v) is 24.8. The van der Waals surface area contributed by atoms with Crippen LogP contribution in [0.2, 0.25) is 0 Å². The van der Waals surface area contributed by atoms with Crippen LogP contribution in [0.25, 0.3) is 0 Å². The molecule has 214 valence electrons. The number of anilines is 3. The average molecular weight is 629 g/mol. The van der Waals surface area contributed by atoms with E-state index >= 15 is 0 Å². The van der Waals surface area contributed by atoms with Crippen LogP contribution < -0.4 is 25.8 Å². The lowest BCUT2D eigenvalue weighted by molar-refractivity contribution is 0.101. The first-order valence-electron chi connectivity index (χ1n) is 13.8. The quantitative estimate of drug-likeness (QED) is 0.294. The van der Waals surface area contributed by atoms with Gasteiger partial charge in [-0.2, -0.15) is 0 Å².